The zero-order valence-electron chi connectivity index (χ0n) is 11.2. The molecule has 0 aliphatic carbocycles. The van der Waals surface area contributed by atoms with Crippen molar-refractivity contribution in [3.63, 3.8) is 0 Å². The Kier molecular flexibility index (Phi) is 6.65. The van der Waals surface area contributed by atoms with E-state index in [1.807, 2.05) is 38.9 Å². The number of aryl methyl sites for hydroxylation is 2. The molecule has 0 spiro atoms. The standard InChI is InChI=1S/C12H19N3O2.ClH/c1-9-7-10(2)13-11(8-9)15(12(16)17)6-5-14(3)4;/h7-8H,5-6H2,1-4H3,(H,16,17);1H. The van der Waals surface area contributed by atoms with Gasteiger partial charge in [0.15, 0.2) is 0 Å². The van der Waals surface area contributed by atoms with Crippen LogP contribution in [0.15, 0.2) is 12.1 Å². The highest BCUT2D eigenvalue weighted by Crippen LogP contribution is 2.14. The van der Waals surface area contributed by atoms with Crippen molar-refractivity contribution >= 4 is 24.3 Å². The summed E-state index contributed by atoms with van der Waals surface area (Å²) in [6.07, 6.45) is -0.968. The number of hydrogen-bond acceptors (Lipinski definition) is 3. The van der Waals surface area contributed by atoms with Gasteiger partial charge in [0.1, 0.15) is 5.82 Å². The number of carbonyl (C=O) groups is 1. The lowest BCUT2D eigenvalue weighted by Gasteiger charge is -2.21. The summed E-state index contributed by atoms with van der Waals surface area (Å²) in [5.74, 6) is 0.497. The third-order valence-electron chi connectivity index (χ3n) is 2.36. The average molecular weight is 274 g/mol. The first-order valence-electron chi connectivity index (χ1n) is 5.50. The van der Waals surface area contributed by atoms with E-state index in [2.05, 4.69) is 4.98 Å². The van der Waals surface area contributed by atoms with Crippen LogP contribution in [0, 0.1) is 13.8 Å². The maximum atomic E-state index is 11.2. The summed E-state index contributed by atoms with van der Waals surface area (Å²) < 4.78 is 0. The Balaban J connectivity index is 0.00000289. The predicted octanol–water partition coefficient (Wildman–Crippen LogP) is 2.17. The fraction of sp³-hybridized carbons (Fsp3) is 0.500. The summed E-state index contributed by atoms with van der Waals surface area (Å²) in [5.41, 5.74) is 1.85. The summed E-state index contributed by atoms with van der Waals surface area (Å²) in [6, 6.07) is 3.71. The number of pyridine rings is 1. The van der Waals surface area contributed by atoms with Crippen LogP contribution in [0.4, 0.5) is 10.6 Å². The Morgan fingerprint density at radius 2 is 1.89 bits per heavy atom. The Morgan fingerprint density at radius 1 is 1.28 bits per heavy atom. The number of carboxylic acid groups (broad SMARTS) is 1. The molecule has 0 aromatic carbocycles. The molecule has 1 heterocycles. The molecule has 6 heteroatoms. The molecule has 1 N–H and O–H groups in total. The second kappa shape index (κ2) is 7.18. The van der Waals surface area contributed by atoms with Gasteiger partial charge in [-0.3, -0.25) is 4.90 Å². The van der Waals surface area contributed by atoms with Crippen LogP contribution < -0.4 is 4.90 Å². The number of aromatic nitrogens is 1. The van der Waals surface area contributed by atoms with Crippen LogP contribution in [-0.4, -0.2) is 48.3 Å². The lowest BCUT2D eigenvalue weighted by molar-refractivity contribution is 0.200. The molecule has 102 valence electrons. The molecular weight excluding hydrogens is 254 g/mol. The maximum absolute atomic E-state index is 11.2. The van der Waals surface area contributed by atoms with Gasteiger partial charge in [0.25, 0.3) is 0 Å². The van der Waals surface area contributed by atoms with Crippen molar-refractivity contribution in [1.29, 1.82) is 0 Å². The van der Waals surface area contributed by atoms with Crippen molar-refractivity contribution < 1.29 is 9.90 Å². The second-order valence-corrected chi connectivity index (χ2v) is 4.38. The van der Waals surface area contributed by atoms with Crippen LogP contribution in [0.5, 0.6) is 0 Å². The molecule has 0 bridgehead atoms. The molecule has 0 atom stereocenters. The molecule has 1 aromatic heterocycles. The van der Waals surface area contributed by atoms with Crippen LogP contribution in [0.2, 0.25) is 0 Å². The smallest absolute Gasteiger partial charge is 0.413 e. The van der Waals surface area contributed by atoms with Crippen molar-refractivity contribution in [1.82, 2.24) is 9.88 Å². The molecule has 1 amide bonds. The number of likely N-dealkylation sites (N-methyl/N-ethyl adjacent to an activating group) is 1. The summed E-state index contributed by atoms with van der Waals surface area (Å²) >= 11 is 0. The minimum absolute atomic E-state index is 0. The number of rotatable bonds is 4. The molecule has 5 nitrogen and oxygen atoms in total. The van der Waals surface area contributed by atoms with Crippen LogP contribution in [0.3, 0.4) is 0 Å². The molecule has 0 saturated heterocycles. The van der Waals surface area contributed by atoms with Crippen molar-refractivity contribution in [2.45, 2.75) is 13.8 Å². The van der Waals surface area contributed by atoms with E-state index in [9.17, 15) is 9.90 Å². The second-order valence-electron chi connectivity index (χ2n) is 4.38. The number of nitrogens with zero attached hydrogens (tertiary/aromatic N) is 3. The Labute approximate surface area is 114 Å². The van der Waals surface area contributed by atoms with E-state index in [4.69, 9.17) is 0 Å². The monoisotopic (exact) mass is 273 g/mol. The normalized spacial score (nSPS) is 10.1. The fourth-order valence-electron chi connectivity index (χ4n) is 1.57. The van der Waals surface area contributed by atoms with Crippen LogP contribution in [0.25, 0.3) is 0 Å². The highest BCUT2D eigenvalue weighted by Gasteiger charge is 2.16. The van der Waals surface area contributed by atoms with Gasteiger partial charge >= 0.3 is 6.09 Å². The van der Waals surface area contributed by atoms with Crippen LogP contribution in [0.1, 0.15) is 11.3 Å². The zero-order valence-corrected chi connectivity index (χ0v) is 12.0. The largest absolute Gasteiger partial charge is 0.465 e. The first-order valence-corrected chi connectivity index (χ1v) is 5.50. The molecule has 0 aliphatic heterocycles. The van der Waals surface area contributed by atoms with Crippen LogP contribution in [-0.2, 0) is 0 Å². The molecule has 0 radical (unpaired) electrons. The summed E-state index contributed by atoms with van der Waals surface area (Å²) in [7, 11) is 3.82. The van der Waals surface area contributed by atoms with Gasteiger partial charge in [0.05, 0.1) is 0 Å². The van der Waals surface area contributed by atoms with Gasteiger partial charge in [0.2, 0.25) is 0 Å². The predicted molar refractivity (Wildman–Crippen MR) is 74.9 cm³/mol. The third kappa shape index (κ3) is 4.89. The van der Waals surface area contributed by atoms with Gasteiger partial charge in [0, 0.05) is 18.8 Å². The Bertz CT molecular complexity index is 390. The lowest BCUT2D eigenvalue weighted by atomic mass is 10.2. The molecule has 1 aromatic rings. The fourth-order valence-corrected chi connectivity index (χ4v) is 1.57. The molecular formula is C12H20ClN3O2. The highest BCUT2D eigenvalue weighted by atomic mass is 35.5. The summed E-state index contributed by atoms with van der Waals surface area (Å²) in [5, 5.41) is 9.19. The van der Waals surface area contributed by atoms with Crippen LogP contribution >= 0.6 is 12.4 Å². The van der Waals surface area contributed by atoms with Gasteiger partial charge in [-0.1, -0.05) is 0 Å². The minimum Gasteiger partial charge on any atom is -0.465 e. The molecule has 1 rings (SSSR count). The molecule has 0 aliphatic rings. The zero-order chi connectivity index (χ0) is 13.0. The molecule has 0 saturated carbocycles. The van der Waals surface area contributed by atoms with E-state index in [0.29, 0.717) is 18.9 Å². The summed E-state index contributed by atoms with van der Waals surface area (Å²) in [4.78, 5) is 18.7. The number of hydrogen-bond donors (Lipinski definition) is 1. The topological polar surface area (TPSA) is 56.7 Å². The SMILES string of the molecule is Cc1cc(C)nc(N(CCN(C)C)C(=O)O)c1.Cl. The van der Waals surface area contributed by atoms with Gasteiger partial charge in [-0.15, -0.1) is 12.4 Å². The summed E-state index contributed by atoms with van der Waals surface area (Å²) in [6.45, 7) is 4.88. The molecule has 0 unspecified atom stereocenters. The molecule has 0 fully saturated rings. The van der Waals surface area contributed by atoms with Crippen molar-refractivity contribution in [2.24, 2.45) is 0 Å². The number of anilines is 1. The molecule has 18 heavy (non-hydrogen) atoms. The quantitative estimate of drug-likeness (QED) is 0.913. The van der Waals surface area contributed by atoms with E-state index >= 15 is 0 Å². The van der Waals surface area contributed by atoms with E-state index in [-0.39, 0.29) is 12.4 Å². The first-order chi connectivity index (χ1) is 7.90. The Hall–Kier alpha value is -1.33. The number of amides is 1. The maximum Gasteiger partial charge on any atom is 0.413 e. The van der Waals surface area contributed by atoms with Gasteiger partial charge < -0.3 is 10.0 Å². The third-order valence-corrected chi connectivity index (χ3v) is 2.36. The van der Waals surface area contributed by atoms with E-state index in [1.165, 1.54) is 4.90 Å². The Morgan fingerprint density at radius 3 is 2.33 bits per heavy atom. The average Bonchev–Trinajstić information content (AvgIpc) is 2.14. The van der Waals surface area contributed by atoms with Crippen molar-refractivity contribution in [2.75, 3.05) is 32.1 Å². The van der Waals surface area contributed by atoms with E-state index in [0.717, 1.165) is 11.3 Å². The highest BCUT2D eigenvalue weighted by molar-refractivity contribution is 5.85. The van der Waals surface area contributed by atoms with E-state index < -0.39 is 6.09 Å². The van der Waals surface area contributed by atoms with Crippen molar-refractivity contribution in [3.8, 4) is 0 Å². The number of halogens is 1. The first kappa shape index (κ1) is 16.7. The minimum atomic E-state index is -0.968. The van der Waals surface area contributed by atoms with Gasteiger partial charge in [-0.25, -0.2) is 9.78 Å². The van der Waals surface area contributed by atoms with Gasteiger partial charge in [-0.05, 0) is 45.6 Å². The lowest BCUT2D eigenvalue weighted by Crippen LogP contribution is -2.36. The van der Waals surface area contributed by atoms with Gasteiger partial charge in [-0.2, -0.15) is 0 Å². The van der Waals surface area contributed by atoms with E-state index in [1.54, 1.807) is 6.07 Å². The van der Waals surface area contributed by atoms with Crippen molar-refractivity contribution in [3.05, 3.63) is 23.4 Å².